The highest BCUT2D eigenvalue weighted by molar-refractivity contribution is 7.90. The molecule has 10 heteroatoms. The van der Waals surface area contributed by atoms with E-state index in [1.807, 2.05) is 0 Å². The molecule has 1 N–H and O–H groups in total. The fourth-order valence-corrected chi connectivity index (χ4v) is 11.9. The fourth-order valence-electron chi connectivity index (χ4n) is 10.8. The van der Waals surface area contributed by atoms with Crippen LogP contribution in [0.2, 0.25) is 0 Å². The number of alkyl halides is 3. The van der Waals surface area contributed by atoms with Gasteiger partial charge in [-0.05, 0) is 116 Å². The van der Waals surface area contributed by atoms with E-state index in [4.69, 9.17) is 0 Å². The molecule has 3 unspecified atom stereocenters. The number of nitrogens with one attached hydrogen (secondary N) is 1. The number of rotatable bonds is 7. The first-order chi connectivity index (χ1) is 20.0. The van der Waals surface area contributed by atoms with Crippen LogP contribution in [0.15, 0.2) is 17.0 Å². The summed E-state index contributed by atoms with van der Waals surface area (Å²) in [6.07, 6.45) is 7.83. The average Bonchev–Trinajstić information content (AvgIpc) is 3.27. The number of hydrogen-bond acceptors (Lipinski definition) is 3. The molecular weight excluding hydrogens is 585 g/mol. The predicted molar refractivity (Wildman–Crippen MR) is 154 cm³/mol. The summed E-state index contributed by atoms with van der Waals surface area (Å²) in [5, 5.41) is 0. The predicted octanol–water partition coefficient (Wildman–Crippen LogP) is 8.89. The molecule has 1 aromatic carbocycles. The smallest absolute Gasteiger partial charge is 0.274 e. The Kier molecular flexibility index (Phi) is 8.80. The first kappa shape index (κ1) is 32.7. The normalized spacial score (nSPS) is 36.8. The zero-order chi connectivity index (χ0) is 31.5. The van der Waals surface area contributed by atoms with Gasteiger partial charge in [0, 0.05) is 6.42 Å². The molecule has 4 nitrogen and oxygen atoms in total. The molecule has 4 fully saturated rings. The first-order valence-corrected chi connectivity index (χ1v) is 17.6. The number of sulfonamides is 1. The van der Waals surface area contributed by atoms with E-state index in [0.717, 1.165) is 30.1 Å². The summed E-state index contributed by atoms with van der Waals surface area (Å²) in [5.41, 5.74) is -1.06. The highest BCUT2D eigenvalue weighted by Crippen LogP contribution is 2.69. The van der Waals surface area contributed by atoms with Crippen molar-refractivity contribution in [3.63, 3.8) is 0 Å². The molecule has 1 aromatic rings. The lowest BCUT2D eigenvalue weighted by molar-refractivity contribution is -0.138. The van der Waals surface area contributed by atoms with Gasteiger partial charge in [-0.25, -0.2) is 21.9 Å². The van der Waals surface area contributed by atoms with Gasteiger partial charge in [0.25, 0.3) is 10.0 Å². The highest BCUT2D eigenvalue weighted by Gasteiger charge is 2.61. The summed E-state index contributed by atoms with van der Waals surface area (Å²) in [6, 6.07) is -0.167. The molecule has 0 heterocycles. The van der Waals surface area contributed by atoms with Gasteiger partial charge in [0.05, 0.1) is 5.56 Å². The summed E-state index contributed by atoms with van der Waals surface area (Å²) in [4.78, 5) is 11.1. The molecule has 0 aromatic heterocycles. The second-order valence-electron chi connectivity index (χ2n) is 14.7. The molecular formula is C33H46F5NO3S. The molecule has 9 atom stereocenters. The van der Waals surface area contributed by atoms with E-state index in [9.17, 15) is 35.2 Å². The van der Waals surface area contributed by atoms with Gasteiger partial charge in [0.2, 0.25) is 5.91 Å². The summed E-state index contributed by atoms with van der Waals surface area (Å²) in [6.45, 7) is 9.48. The van der Waals surface area contributed by atoms with Crippen molar-refractivity contribution in [2.24, 2.45) is 52.3 Å². The molecule has 5 rings (SSSR count). The van der Waals surface area contributed by atoms with Crippen LogP contribution >= 0.6 is 0 Å². The van der Waals surface area contributed by atoms with Gasteiger partial charge in [-0.1, -0.05) is 47.0 Å². The Bertz CT molecular complexity index is 1310. The van der Waals surface area contributed by atoms with E-state index in [2.05, 4.69) is 27.7 Å². The first-order valence-electron chi connectivity index (χ1n) is 16.1. The van der Waals surface area contributed by atoms with E-state index in [0.29, 0.717) is 23.7 Å². The van der Waals surface area contributed by atoms with Crippen LogP contribution in [0.25, 0.3) is 0 Å². The lowest BCUT2D eigenvalue weighted by atomic mass is 9.42. The van der Waals surface area contributed by atoms with Crippen molar-refractivity contribution in [1.82, 2.24) is 4.72 Å². The zero-order valence-electron chi connectivity index (χ0n) is 25.7. The molecule has 242 valence electrons. The maximum absolute atomic E-state index is 14.3. The zero-order valence-corrected chi connectivity index (χ0v) is 26.5. The van der Waals surface area contributed by atoms with Gasteiger partial charge in [-0.2, -0.15) is 13.2 Å². The largest absolute Gasteiger partial charge is 0.416 e. The Morgan fingerprint density at radius 1 is 0.977 bits per heavy atom. The Hall–Kier alpha value is -1.71. The van der Waals surface area contributed by atoms with Crippen molar-refractivity contribution in [3.8, 4) is 0 Å². The van der Waals surface area contributed by atoms with E-state index < -0.39 is 44.2 Å². The van der Waals surface area contributed by atoms with E-state index >= 15 is 0 Å². The molecule has 0 bridgehead atoms. The summed E-state index contributed by atoms with van der Waals surface area (Å²) in [5.74, 6) is -0.422. The minimum Gasteiger partial charge on any atom is -0.274 e. The van der Waals surface area contributed by atoms with Crippen molar-refractivity contribution in [2.45, 2.75) is 116 Å². The van der Waals surface area contributed by atoms with Crippen LogP contribution in [-0.4, -0.2) is 14.3 Å². The van der Waals surface area contributed by atoms with Crippen molar-refractivity contribution in [1.29, 1.82) is 0 Å². The summed E-state index contributed by atoms with van der Waals surface area (Å²) < 4.78 is 94.1. The van der Waals surface area contributed by atoms with Crippen LogP contribution in [-0.2, 0) is 21.0 Å². The number of carbonyl (C=O) groups excluding carboxylic acids is 1. The van der Waals surface area contributed by atoms with Gasteiger partial charge in [0.15, 0.2) is 4.90 Å². The summed E-state index contributed by atoms with van der Waals surface area (Å²) in [7, 11) is -5.03. The van der Waals surface area contributed by atoms with Crippen molar-refractivity contribution < 1.29 is 35.2 Å². The standard InChI is InChI=1S/C33H46F5NO3S/c1-5-20-16-22-25-11-10-23(32(25,4)15-13-26(22)31(3)14-7-6-8-24(20)31)19(2)9-12-29(40)39-43(41,42)30-27(34)17-21(18-28(30)35)33(36,37)38/h17-20,22-26H,5-16H2,1-4H3,(H,39,40)/t19-,20+,22?,23-,24+,25?,26?,31+,32-/m1/s1. The van der Waals surface area contributed by atoms with Crippen LogP contribution < -0.4 is 4.72 Å². The monoisotopic (exact) mass is 631 g/mol. The number of fused-ring (bicyclic) bond motifs is 5. The molecule has 0 saturated heterocycles. The van der Waals surface area contributed by atoms with Gasteiger partial charge >= 0.3 is 6.18 Å². The Morgan fingerprint density at radius 3 is 2.26 bits per heavy atom. The quantitative estimate of drug-likeness (QED) is 0.306. The topological polar surface area (TPSA) is 63.2 Å². The van der Waals surface area contributed by atoms with Crippen LogP contribution in [0.1, 0.15) is 110 Å². The molecule has 4 aliphatic rings. The second kappa shape index (κ2) is 11.6. The van der Waals surface area contributed by atoms with Crippen molar-refractivity contribution in [2.75, 3.05) is 0 Å². The van der Waals surface area contributed by atoms with Crippen LogP contribution in [0.3, 0.4) is 0 Å². The SMILES string of the molecule is CC[C@H]1CC2C3CC[C@H]([C@H](C)CCC(=O)NS(=O)(=O)c4c(F)cc(C(F)(F)F)cc4F)[C@@]3(C)CCC2[C@@]2(C)CCCC[C@@H]12. The number of halogens is 5. The fraction of sp³-hybridized carbons (Fsp3) is 0.788. The minimum absolute atomic E-state index is 0.0834. The van der Waals surface area contributed by atoms with Crippen LogP contribution in [0.4, 0.5) is 22.0 Å². The lowest BCUT2D eigenvalue weighted by Gasteiger charge is -2.63. The van der Waals surface area contributed by atoms with Gasteiger partial charge in [-0.3, -0.25) is 4.79 Å². The third kappa shape index (κ3) is 5.76. The molecule has 1 amide bonds. The van der Waals surface area contributed by atoms with E-state index in [1.165, 1.54) is 57.8 Å². The molecule has 4 saturated carbocycles. The van der Waals surface area contributed by atoms with Crippen LogP contribution in [0, 0.1) is 63.9 Å². The maximum atomic E-state index is 14.3. The number of amides is 1. The van der Waals surface area contributed by atoms with Crippen LogP contribution in [0.5, 0.6) is 0 Å². The second-order valence-corrected chi connectivity index (χ2v) is 16.3. The van der Waals surface area contributed by atoms with E-state index in [1.54, 1.807) is 4.72 Å². The third-order valence-corrected chi connectivity index (χ3v) is 14.1. The number of hydrogen-bond donors (Lipinski definition) is 1. The molecule has 0 spiro atoms. The molecule has 4 aliphatic carbocycles. The highest BCUT2D eigenvalue weighted by atomic mass is 32.2. The lowest BCUT2D eigenvalue weighted by Crippen LogP contribution is -2.55. The van der Waals surface area contributed by atoms with Gasteiger partial charge in [-0.15, -0.1) is 0 Å². The van der Waals surface area contributed by atoms with Gasteiger partial charge < -0.3 is 0 Å². The Morgan fingerprint density at radius 2 is 1.63 bits per heavy atom. The molecule has 0 aliphatic heterocycles. The maximum Gasteiger partial charge on any atom is 0.416 e. The number of carbonyl (C=O) groups is 1. The van der Waals surface area contributed by atoms with Gasteiger partial charge in [0.1, 0.15) is 11.6 Å². The number of benzene rings is 1. The molecule has 0 radical (unpaired) electrons. The average molecular weight is 632 g/mol. The van der Waals surface area contributed by atoms with E-state index in [-0.39, 0.29) is 29.9 Å². The summed E-state index contributed by atoms with van der Waals surface area (Å²) >= 11 is 0. The Balaban J connectivity index is 1.24. The minimum atomic E-state index is -5.05. The Labute approximate surface area is 253 Å². The third-order valence-electron chi connectivity index (χ3n) is 12.7. The molecule has 43 heavy (non-hydrogen) atoms. The van der Waals surface area contributed by atoms with Crippen molar-refractivity contribution in [3.05, 3.63) is 29.3 Å². The van der Waals surface area contributed by atoms with Crippen molar-refractivity contribution >= 4 is 15.9 Å².